The molecular formula is C15H19N3O3S. The Labute approximate surface area is 133 Å². The minimum Gasteiger partial charge on any atom is -0.497 e. The van der Waals surface area contributed by atoms with Gasteiger partial charge in [0.05, 0.1) is 26.2 Å². The van der Waals surface area contributed by atoms with Crippen molar-refractivity contribution in [3.8, 4) is 17.1 Å². The van der Waals surface area contributed by atoms with Gasteiger partial charge in [0, 0.05) is 17.1 Å². The molecule has 2 rings (SSSR count). The van der Waals surface area contributed by atoms with Crippen molar-refractivity contribution in [2.24, 2.45) is 0 Å². The van der Waals surface area contributed by atoms with Crippen molar-refractivity contribution < 1.29 is 14.3 Å². The van der Waals surface area contributed by atoms with Gasteiger partial charge in [-0.1, -0.05) is 12.1 Å². The summed E-state index contributed by atoms with van der Waals surface area (Å²) < 4.78 is 14.8. The summed E-state index contributed by atoms with van der Waals surface area (Å²) >= 11 is 1.15. The van der Waals surface area contributed by atoms with E-state index in [9.17, 15) is 4.79 Å². The van der Waals surface area contributed by atoms with Gasteiger partial charge >= 0.3 is 0 Å². The maximum Gasteiger partial charge on any atom is 0.228 e. The van der Waals surface area contributed by atoms with Crippen LogP contribution in [0.4, 0.5) is 5.13 Å². The Morgan fingerprint density at radius 3 is 2.95 bits per heavy atom. The molecule has 0 bridgehead atoms. The van der Waals surface area contributed by atoms with Crippen LogP contribution in [0.2, 0.25) is 0 Å². The van der Waals surface area contributed by atoms with E-state index in [0.717, 1.165) is 22.8 Å². The summed E-state index contributed by atoms with van der Waals surface area (Å²) in [4.78, 5) is 16.1. The Morgan fingerprint density at radius 2 is 2.23 bits per heavy atom. The van der Waals surface area contributed by atoms with Crippen LogP contribution in [0.1, 0.15) is 20.3 Å². The second kappa shape index (κ2) is 7.86. The van der Waals surface area contributed by atoms with Crippen LogP contribution in [0.5, 0.6) is 5.75 Å². The van der Waals surface area contributed by atoms with E-state index in [2.05, 4.69) is 14.7 Å². The van der Waals surface area contributed by atoms with Gasteiger partial charge in [0.1, 0.15) is 5.75 Å². The highest BCUT2D eigenvalue weighted by Gasteiger charge is 2.10. The molecule has 0 saturated heterocycles. The lowest BCUT2D eigenvalue weighted by Crippen LogP contribution is -2.15. The zero-order valence-corrected chi connectivity index (χ0v) is 13.6. The Bertz CT molecular complexity index is 628. The number of nitrogens with zero attached hydrogens (tertiary/aromatic N) is 2. The van der Waals surface area contributed by atoms with Gasteiger partial charge in [-0.2, -0.15) is 9.36 Å². The normalized spacial score (nSPS) is 10.7. The molecule has 1 aromatic carbocycles. The maximum absolute atomic E-state index is 11.8. The number of amides is 1. The van der Waals surface area contributed by atoms with Crippen LogP contribution in [-0.4, -0.2) is 35.1 Å². The zero-order valence-electron chi connectivity index (χ0n) is 12.8. The third-order valence-corrected chi connectivity index (χ3v) is 3.41. The van der Waals surface area contributed by atoms with Crippen molar-refractivity contribution in [1.29, 1.82) is 0 Å². The highest BCUT2D eigenvalue weighted by molar-refractivity contribution is 7.10. The van der Waals surface area contributed by atoms with Crippen LogP contribution in [0, 0.1) is 0 Å². The lowest BCUT2D eigenvalue weighted by atomic mass is 10.2. The summed E-state index contributed by atoms with van der Waals surface area (Å²) in [6.07, 6.45) is 0.417. The Morgan fingerprint density at radius 1 is 1.41 bits per heavy atom. The number of hydrogen-bond donors (Lipinski definition) is 1. The number of rotatable bonds is 7. The lowest BCUT2D eigenvalue weighted by Gasteiger charge is -2.06. The summed E-state index contributed by atoms with van der Waals surface area (Å²) in [5.74, 6) is 1.18. The molecular weight excluding hydrogens is 302 g/mol. The highest BCUT2D eigenvalue weighted by atomic mass is 32.1. The molecule has 0 aliphatic carbocycles. The third-order valence-electron chi connectivity index (χ3n) is 2.78. The molecule has 0 aliphatic rings. The van der Waals surface area contributed by atoms with Crippen molar-refractivity contribution in [1.82, 2.24) is 9.36 Å². The average molecular weight is 321 g/mol. The molecule has 1 amide bonds. The fourth-order valence-corrected chi connectivity index (χ4v) is 2.33. The predicted molar refractivity (Wildman–Crippen MR) is 86.2 cm³/mol. The summed E-state index contributed by atoms with van der Waals surface area (Å²) in [5, 5.41) is 3.21. The summed E-state index contributed by atoms with van der Waals surface area (Å²) in [6.45, 7) is 4.26. The van der Waals surface area contributed by atoms with Crippen LogP contribution in [0.25, 0.3) is 11.4 Å². The summed E-state index contributed by atoms with van der Waals surface area (Å²) in [5.41, 5.74) is 0.847. The van der Waals surface area contributed by atoms with E-state index in [1.165, 1.54) is 0 Å². The average Bonchev–Trinajstić information content (AvgIpc) is 2.95. The molecule has 118 valence electrons. The van der Waals surface area contributed by atoms with Gasteiger partial charge in [-0.3, -0.25) is 4.79 Å². The Balaban J connectivity index is 1.95. The largest absolute Gasteiger partial charge is 0.497 e. The number of benzene rings is 1. The standard InChI is InChI=1S/C15H19N3O3S/c1-10(2)21-8-7-13(19)16-15-17-14(18-22-15)11-5-4-6-12(9-11)20-3/h4-6,9-10H,7-8H2,1-3H3,(H,16,17,18,19). The number of methoxy groups -OCH3 is 1. The van der Waals surface area contributed by atoms with Gasteiger partial charge < -0.3 is 14.8 Å². The number of nitrogens with one attached hydrogen (secondary N) is 1. The molecule has 7 heteroatoms. The quantitative estimate of drug-likeness (QED) is 0.848. The van der Waals surface area contributed by atoms with Crippen molar-refractivity contribution in [2.75, 3.05) is 19.0 Å². The molecule has 0 saturated carbocycles. The van der Waals surface area contributed by atoms with Gasteiger partial charge in [-0.05, 0) is 26.0 Å². The summed E-state index contributed by atoms with van der Waals surface area (Å²) in [7, 11) is 1.61. The predicted octanol–water partition coefficient (Wildman–Crippen LogP) is 2.97. The highest BCUT2D eigenvalue weighted by Crippen LogP contribution is 2.24. The monoisotopic (exact) mass is 321 g/mol. The van der Waals surface area contributed by atoms with E-state index in [1.54, 1.807) is 7.11 Å². The number of aromatic nitrogens is 2. The van der Waals surface area contributed by atoms with E-state index >= 15 is 0 Å². The lowest BCUT2D eigenvalue weighted by molar-refractivity contribution is -0.117. The maximum atomic E-state index is 11.8. The molecule has 6 nitrogen and oxygen atoms in total. The van der Waals surface area contributed by atoms with Crippen molar-refractivity contribution in [2.45, 2.75) is 26.4 Å². The van der Waals surface area contributed by atoms with Crippen LogP contribution < -0.4 is 10.1 Å². The number of ether oxygens (including phenoxy) is 2. The molecule has 1 aromatic heterocycles. The smallest absolute Gasteiger partial charge is 0.228 e. The molecule has 22 heavy (non-hydrogen) atoms. The number of hydrogen-bond acceptors (Lipinski definition) is 6. The van der Waals surface area contributed by atoms with Crippen LogP contribution in [0.15, 0.2) is 24.3 Å². The molecule has 1 heterocycles. The second-order valence-corrected chi connectivity index (χ2v) is 5.62. The molecule has 0 atom stereocenters. The topological polar surface area (TPSA) is 73.3 Å². The van der Waals surface area contributed by atoms with Gasteiger partial charge in [-0.25, -0.2) is 0 Å². The Kier molecular flexibility index (Phi) is 5.85. The molecule has 0 fully saturated rings. The van der Waals surface area contributed by atoms with Crippen molar-refractivity contribution in [3.05, 3.63) is 24.3 Å². The van der Waals surface area contributed by atoms with E-state index in [1.807, 2.05) is 38.1 Å². The molecule has 0 spiro atoms. The first-order valence-electron chi connectivity index (χ1n) is 6.98. The first-order valence-corrected chi connectivity index (χ1v) is 7.75. The van der Waals surface area contributed by atoms with Crippen LogP contribution >= 0.6 is 11.5 Å². The van der Waals surface area contributed by atoms with Crippen molar-refractivity contribution in [3.63, 3.8) is 0 Å². The molecule has 0 aliphatic heterocycles. The fraction of sp³-hybridized carbons (Fsp3) is 0.400. The van der Waals surface area contributed by atoms with Gasteiger partial charge in [0.25, 0.3) is 0 Å². The number of carbonyl (C=O) groups is 1. The minimum atomic E-state index is -0.131. The first-order chi connectivity index (χ1) is 10.6. The zero-order chi connectivity index (χ0) is 15.9. The van der Waals surface area contributed by atoms with E-state index in [4.69, 9.17) is 9.47 Å². The van der Waals surface area contributed by atoms with Gasteiger partial charge in [0.15, 0.2) is 5.82 Å². The molecule has 2 aromatic rings. The third kappa shape index (κ3) is 4.78. The number of carbonyl (C=O) groups excluding carboxylic acids is 1. The molecule has 0 radical (unpaired) electrons. The molecule has 0 unspecified atom stereocenters. The van der Waals surface area contributed by atoms with E-state index in [-0.39, 0.29) is 12.0 Å². The van der Waals surface area contributed by atoms with E-state index in [0.29, 0.717) is 24.0 Å². The second-order valence-electron chi connectivity index (χ2n) is 4.87. The van der Waals surface area contributed by atoms with Gasteiger partial charge in [-0.15, -0.1) is 0 Å². The SMILES string of the molecule is COc1cccc(-c2nsc(NC(=O)CCOC(C)C)n2)c1. The molecule has 1 N–H and O–H groups in total. The summed E-state index contributed by atoms with van der Waals surface area (Å²) in [6, 6.07) is 7.47. The van der Waals surface area contributed by atoms with Crippen molar-refractivity contribution >= 4 is 22.6 Å². The fourth-order valence-electron chi connectivity index (χ4n) is 1.72. The van der Waals surface area contributed by atoms with Crippen LogP contribution in [-0.2, 0) is 9.53 Å². The Hall–Kier alpha value is -1.99. The number of anilines is 1. The minimum absolute atomic E-state index is 0.119. The van der Waals surface area contributed by atoms with E-state index < -0.39 is 0 Å². The van der Waals surface area contributed by atoms with Crippen LogP contribution in [0.3, 0.4) is 0 Å². The van der Waals surface area contributed by atoms with Gasteiger partial charge in [0.2, 0.25) is 11.0 Å². The first kappa shape index (κ1) is 16.4.